The molecule has 1 saturated heterocycles. The minimum Gasteiger partial charge on any atom is -0.314 e. The summed E-state index contributed by atoms with van der Waals surface area (Å²) in [5.41, 5.74) is -0.614. The average molecular weight is 275 g/mol. The molecule has 0 aromatic heterocycles. The van der Waals surface area contributed by atoms with E-state index < -0.39 is 17.6 Å². The van der Waals surface area contributed by atoms with Gasteiger partial charge >= 0.3 is 6.18 Å². The first kappa shape index (κ1) is 14.3. The van der Waals surface area contributed by atoms with Gasteiger partial charge in [0, 0.05) is 6.04 Å². The van der Waals surface area contributed by atoms with Crippen LogP contribution in [0.2, 0.25) is 0 Å². The number of alkyl halides is 3. The first-order valence-corrected chi connectivity index (χ1v) is 6.45. The van der Waals surface area contributed by atoms with Gasteiger partial charge in [-0.3, -0.25) is 0 Å². The van der Waals surface area contributed by atoms with Crippen LogP contribution in [-0.2, 0) is 12.6 Å². The molecule has 106 valence electrons. The molecule has 2 atom stereocenters. The maximum Gasteiger partial charge on any atom is 0.419 e. The lowest BCUT2D eigenvalue weighted by atomic mass is 9.89. The Morgan fingerprint density at radius 1 is 1.26 bits per heavy atom. The molecule has 0 bridgehead atoms. The second-order valence-electron chi connectivity index (χ2n) is 5.27. The summed E-state index contributed by atoms with van der Waals surface area (Å²) in [7, 11) is 0. The third-order valence-electron chi connectivity index (χ3n) is 3.62. The number of hydrogen-bond acceptors (Lipinski definition) is 1. The molecule has 1 N–H and O–H groups in total. The van der Waals surface area contributed by atoms with Gasteiger partial charge in [-0.1, -0.05) is 6.07 Å². The van der Waals surface area contributed by atoms with E-state index in [-0.39, 0.29) is 0 Å². The van der Waals surface area contributed by atoms with Gasteiger partial charge in [-0.05, 0) is 56.3 Å². The minimum atomic E-state index is -4.63. The number of halogens is 4. The standard InChI is InChI=1S/C14H17F4N/c1-9-2-3-11(8-19-9)6-10-4-5-13(15)12(7-10)14(16,17)18/h4-5,7,9,11,19H,2-3,6,8H2,1H3. The smallest absolute Gasteiger partial charge is 0.314 e. The Labute approximate surface area is 110 Å². The summed E-state index contributed by atoms with van der Waals surface area (Å²) in [5, 5.41) is 3.31. The zero-order chi connectivity index (χ0) is 14.0. The van der Waals surface area contributed by atoms with Crippen molar-refractivity contribution in [3.05, 3.63) is 35.1 Å². The Morgan fingerprint density at radius 2 is 2.00 bits per heavy atom. The van der Waals surface area contributed by atoms with E-state index in [2.05, 4.69) is 12.2 Å². The third kappa shape index (κ3) is 3.69. The Morgan fingerprint density at radius 3 is 2.58 bits per heavy atom. The van der Waals surface area contributed by atoms with Crippen molar-refractivity contribution in [1.82, 2.24) is 5.32 Å². The fourth-order valence-electron chi connectivity index (χ4n) is 2.48. The fraction of sp³-hybridized carbons (Fsp3) is 0.571. The van der Waals surface area contributed by atoms with Crippen LogP contribution in [0.15, 0.2) is 18.2 Å². The van der Waals surface area contributed by atoms with Gasteiger partial charge in [0.05, 0.1) is 5.56 Å². The van der Waals surface area contributed by atoms with Crippen molar-refractivity contribution < 1.29 is 17.6 Å². The predicted molar refractivity (Wildman–Crippen MR) is 65.3 cm³/mol. The van der Waals surface area contributed by atoms with Gasteiger partial charge in [0.15, 0.2) is 0 Å². The highest BCUT2D eigenvalue weighted by Gasteiger charge is 2.34. The van der Waals surface area contributed by atoms with Crippen molar-refractivity contribution in [3.8, 4) is 0 Å². The van der Waals surface area contributed by atoms with Gasteiger partial charge < -0.3 is 5.32 Å². The van der Waals surface area contributed by atoms with Crippen LogP contribution < -0.4 is 5.32 Å². The molecule has 5 heteroatoms. The molecule has 0 saturated carbocycles. The van der Waals surface area contributed by atoms with Gasteiger partial charge in [0.1, 0.15) is 5.82 Å². The lowest BCUT2D eigenvalue weighted by Crippen LogP contribution is -2.37. The van der Waals surface area contributed by atoms with E-state index in [1.807, 2.05) is 0 Å². The Kier molecular flexibility index (Phi) is 4.13. The molecule has 1 aliphatic heterocycles. The number of piperidine rings is 1. The molecular weight excluding hydrogens is 258 g/mol. The summed E-state index contributed by atoms with van der Waals surface area (Å²) >= 11 is 0. The van der Waals surface area contributed by atoms with Crippen molar-refractivity contribution in [2.24, 2.45) is 5.92 Å². The number of benzene rings is 1. The van der Waals surface area contributed by atoms with E-state index in [0.29, 0.717) is 23.9 Å². The highest BCUT2D eigenvalue weighted by molar-refractivity contribution is 5.27. The molecule has 19 heavy (non-hydrogen) atoms. The second kappa shape index (κ2) is 5.49. The molecule has 2 rings (SSSR count). The number of rotatable bonds is 2. The van der Waals surface area contributed by atoms with Crippen LogP contribution in [0.3, 0.4) is 0 Å². The zero-order valence-corrected chi connectivity index (χ0v) is 10.7. The predicted octanol–water partition coefficient (Wildman–Crippen LogP) is 3.78. The maximum absolute atomic E-state index is 13.2. The van der Waals surface area contributed by atoms with Gasteiger partial charge in [-0.2, -0.15) is 13.2 Å². The fourth-order valence-corrected chi connectivity index (χ4v) is 2.48. The maximum atomic E-state index is 13.2. The number of hydrogen-bond donors (Lipinski definition) is 1. The van der Waals surface area contributed by atoms with Crippen molar-refractivity contribution in [2.75, 3.05) is 6.54 Å². The Balaban J connectivity index is 2.09. The summed E-state index contributed by atoms with van der Waals surface area (Å²) in [4.78, 5) is 0. The Hall–Kier alpha value is -1.10. The average Bonchev–Trinajstić information content (AvgIpc) is 2.33. The van der Waals surface area contributed by atoms with E-state index in [1.54, 1.807) is 0 Å². The molecule has 0 radical (unpaired) electrons. The first-order valence-electron chi connectivity index (χ1n) is 6.45. The minimum absolute atomic E-state index is 0.322. The normalized spacial score (nSPS) is 24.5. The molecule has 1 heterocycles. The zero-order valence-electron chi connectivity index (χ0n) is 10.7. The van der Waals surface area contributed by atoms with Crippen LogP contribution in [0.1, 0.15) is 30.9 Å². The third-order valence-corrected chi connectivity index (χ3v) is 3.62. The molecular formula is C14H17F4N. The van der Waals surface area contributed by atoms with E-state index in [1.165, 1.54) is 6.07 Å². The lowest BCUT2D eigenvalue weighted by molar-refractivity contribution is -0.140. The summed E-state index contributed by atoms with van der Waals surface area (Å²) in [6.07, 6.45) is -2.05. The van der Waals surface area contributed by atoms with E-state index in [4.69, 9.17) is 0 Å². The van der Waals surface area contributed by atoms with Crippen molar-refractivity contribution >= 4 is 0 Å². The topological polar surface area (TPSA) is 12.0 Å². The van der Waals surface area contributed by atoms with Crippen molar-refractivity contribution in [3.63, 3.8) is 0 Å². The lowest BCUT2D eigenvalue weighted by Gasteiger charge is -2.27. The van der Waals surface area contributed by atoms with Gasteiger partial charge in [0.25, 0.3) is 0 Å². The van der Waals surface area contributed by atoms with Crippen molar-refractivity contribution in [1.29, 1.82) is 0 Å². The highest BCUT2D eigenvalue weighted by Crippen LogP contribution is 2.32. The van der Waals surface area contributed by atoms with Gasteiger partial charge in [-0.25, -0.2) is 4.39 Å². The molecule has 1 nitrogen and oxygen atoms in total. The molecule has 1 aromatic carbocycles. The van der Waals surface area contributed by atoms with Crippen LogP contribution in [0.5, 0.6) is 0 Å². The van der Waals surface area contributed by atoms with Crippen LogP contribution in [0.4, 0.5) is 17.6 Å². The molecule has 1 fully saturated rings. The second-order valence-corrected chi connectivity index (χ2v) is 5.27. The molecule has 1 aliphatic rings. The molecule has 1 aromatic rings. The van der Waals surface area contributed by atoms with Crippen LogP contribution in [0.25, 0.3) is 0 Å². The highest BCUT2D eigenvalue weighted by atomic mass is 19.4. The summed E-state index contributed by atoms with van der Waals surface area (Å²) < 4.78 is 51.0. The Bertz CT molecular complexity index is 434. The summed E-state index contributed by atoms with van der Waals surface area (Å²) in [6, 6.07) is 3.77. The first-order chi connectivity index (χ1) is 8.86. The number of nitrogens with one attached hydrogen (secondary N) is 1. The molecule has 2 unspecified atom stereocenters. The van der Waals surface area contributed by atoms with Crippen LogP contribution >= 0.6 is 0 Å². The molecule has 0 spiro atoms. The van der Waals surface area contributed by atoms with E-state index in [9.17, 15) is 17.6 Å². The van der Waals surface area contributed by atoms with E-state index >= 15 is 0 Å². The SMILES string of the molecule is CC1CCC(Cc2ccc(F)c(C(F)(F)F)c2)CN1. The van der Waals surface area contributed by atoms with Crippen molar-refractivity contribution in [2.45, 2.75) is 38.4 Å². The molecule has 0 aliphatic carbocycles. The van der Waals surface area contributed by atoms with E-state index in [0.717, 1.165) is 31.5 Å². The van der Waals surface area contributed by atoms with Crippen LogP contribution in [-0.4, -0.2) is 12.6 Å². The van der Waals surface area contributed by atoms with Gasteiger partial charge in [0.2, 0.25) is 0 Å². The summed E-state index contributed by atoms with van der Waals surface area (Å²) in [6.45, 7) is 2.90. The van der Waals surface area contributed by atoms with Crippen LogP contribution in [0, 0.1) is 11.7 Å². The quantitative estimate of drug-likeness (QED) is 0.810. The van der Waals surface area contributed by atoms with Gasteiger partial charge in [-0.15, -0.1) is 0 Å². The molecule has 0 amide bonds. The monoisotopic (exact) mass is 275 g/mol. The largest absolute Gasteiger partial charge is 0.419 e. The summed E-state index contributed by atoms with van der Waals surface area (Å²) in [5.74, 6) is -0.880.